The first kappa shape index (κ1) is 14.6. The minimum absolute atomic E-state index is 0.154. The highest BCUT2D eigenvalue weighted by atomic mass is 35.5. The number of alkyl halides is 1. The molecule has 1 aromatic carbocycles. The highest BCUT2D eigenvalue weighted by molar-refractivity contribution is 6.17. The van der Waals surface area contributed by atoms with E-state index >= 15 is 0 Å². The van der Waals surface area contributed by atoms with Crippen molar-refractivity contribution in [3.63, 3.8) is 0 Å². The van der Waals surface area contributed by atoms with Crippen LogP contribution in [-0.4, -0.2) is 37.1 Å². The van der Waals surface area contributed by atoms with E-state index < -0.39 is 0 Å². The number of hydrogen-bond donors (Lipinski definition) is 0. The summed E-state index contributed by atoms with van der Waals surface area (Å²) in [5.41, 5.74) is 1.59. The SMILES string of the molecule is CCN(CC)C1CCN(c2c(F)cccc2CCl)C1. The third-order valence-electron chi connectivity index (χ3n) is 4.02. The van der Waals surface area contributed by atoms with Gasteiger partial charge in [0.05, 0.1) is 5.69 Å². The highest BCUT2D eigenvalue weighted by Gasteiger charge is 2.28. The molecule has 1 fully saturated rings. The zero-order chi connectivity index (χ0) is 13.8. The molecular weight excluding hydrogens is 263 g/mol. The highest BCUT2D eigenvalue weighted by Crippen LogP contribution is 2.30. The summed E-state index contributed by atoms with van der Waals surface area (Å²) in [7, 11) is 0. The van der Waals surface area contributed by atoms with Crippen LogP contribution in [0, 0.1) is 5.82 Å². The van der Waals surface area contributed by atoms with Crippen molar-refractivity contribution >= 4 is 17.3 Å². The molecule has 1 heterocycles. The molecule has 0 saturated carbocycles. The van der Waals surface area contributed by atoms with Gasteiger partial charge in [0.1, 0.15) is 5.82 Å². The Kier molecular flexibility index (Phi) is 5.06. The molecule has 19 heavy (non-hydrogen) atoms. The molecule has 1 aliphatic rings. The molecule has 0 N–H and O–H groups in total. The normalized spacial score (nSPS) is 19.4. The van der Waals surface area contributed by atoms with Crippen LogP contribution in [0.1, 0.15) is 25.8 Å². The molecule has 0 bridgehead atoms. The van der Waals surface area contributed by atoms with Crippen LogP contribution in [0.2, 0.25) is 0 Å². The van der Waals surface area contributed by atoms with Crippen molar-refractivity contribution in [3.05, 3.63) is 29.6 Å². The molecule has 2 nitrogen and oxygen atoms in total. The van der Waals surface area contributed by atoms with E-state index in [-0.39, 0.29) is 5.82 Å². The first-order chi connectivity index (χ1) is 9.21. The molecule has 1 aromatic rings. The average molecular weight is 285 g/mol. The third kappa shape index (κ3) is 3.03. The van der Waals surface area contributed by atoms with E-state index in [0.29, 0.717) is 17.6 Å². The van der Waals surface area contributed by atoms with E-state index in [0.717, 1.165) is 38.2 Å². The van der Waals surface area contributed by atoms with Crippen LogP contribution in [0.25, 0.3) is 0 Å². The van der Waals surface area contributed by atoms with Crippen LogP contribution in [0.4, 0.5) is 10.1 Å². The number of rotatable bonds is 5. The fourth-order valence-corrected chi connectivity index (χ4v) is 3.22. The fourth-order valence-electron chi connectivity index (χ4n) is 3.00. The van der Waals surface area contributed by atoms with Gasteiger partial charge in [0.25, 0.3) is 0 Å². The first-order valence-electron chi connectivity index (χ1n) is 7.03. The summed E-state index contributed by atoms with van der Waals surface area (Å²) in [6, 6.07) is 5.69. The van der Waals surface area contributed by atoms with Crippen LogP contribution >= 0.6 is 11.6 Å². The third-order valence-corrected chi connectivity index (χ3v) is 4.31. The maximum Gasteiger partial charge on any atom is 0.146 e. The fraction of sp³-hybridized carbons (Fsp3) is 0.600. The largest absolute Gasteiger partial charge is 0.367 e. The minimum atomic E-state index is -0.154. The van der Waals surface area contributed by atoms with Gasteiger partial charge in [-0.3, -0.25) is 4.90 Å². The molecule has 106 valence electrons. The zero-order valence-electron chi connectivity index (χ0n) is 11.7. The van der Waals surface area contributed by atoms with E-state index in [1.54, 1.807) is 6.07 Å². The second-order valence-electron chi connectivity index (χ2n) is 4.99. The lowest BCUT2D eigenvalue weighted by Gasteiger charge is -2.27. The predicted molar refractivity (Wildman–Crippen MR) is 79.5 cm³/mol. The lowest BCUT2D eigenvalue weighted by molar-refractivity contribution is 0.232. The second-order valence-corrected chi connectivity index (χ2v) is 5.26. The molecule has 1 saturated heterocycles. The van der Waals surface area contributed by atoms with Crippen molar-refractivity contribution < 1.29 is 4.39 Å². The van der Waals surface area contributed by atoms with E-state index in [4.69, 9.17) is 11.6 Å². The van der Waals surface area contributed by atoms with Gasteiger partial charge in [-0.2, -0.15) is 0 Å². The lowest BCUT2D eigenvalue weighted by atomic mass is 10.1. The molecule has 0 aliphatic carbocycles. The summed E-state index contributed by atoms with van der Waals surface area (Å²) in [6.07, 6.45) is 1.09. The standard InChI is InChI=1S/C15H22ClFN2/c1-3-18(4-2)13-8-9-19(11-13)15-12(10-16)6-5-7-14(15)17/h5-7,13H,3-4,8-11H2,1-2H3. The second kappa shape index (κ2) is 6.58. The Balaban J connectivity index is 2.17. The maximum absolute atomic E-state index is 14.1. The Labute approximate surface area is 120 Å². The van der Waals surface area contributed by atoms with Crippen LogP contribution in [0.15, 0.2) is 18.2 Å². The number of halogens is 2. The van der Waals surface area contributed by atoms with Gasteiger partial charge in [-0.15, -0.1) is 11.6 Å². The van der Waals surface area contributed by atoms with Crippen molar-refractivity contribution in [3.8, 4) is 0 Å². The van der Waals surface area contributed by atoms with Crippen molar-refractivity contribution in [2.24, 2.45) is 0 Å². The average Bonchev–Trinajstić information content (AvgIpc) is 2.89. The van der Waals surface area contributed by atoms with Gasteiger partial charge >= 0.3 is 0 Å². The van der Waals surface area contributed by atoms with Gasteiger partial charge in [-0.1, -0.05) is 26.0 Å². The lowest BCUT2D eigenvalue weighted by Crippen LogP contribution is -2.37. The number of para-hydroxylation sites is 1. The summed E-state index contributed by atoms with van der Waals surface area (Å²) < 4.78 is 14.1. The van der Waals surface area contributed by atoms with Gasteiger partial charge in [0.15, 0.2) is 0 Å². The Hall–Kier alpha value is -0.800. The van der Waals surface area contributed by atoms with E-state index in [1.807, 2.05) is 6.07 Å². The molecule has 2 rings (SSSR count). The Bertz CT molecular complexity index is 421. The first-order valence-corrected chi connectivity index (χ1v) is 7.57. The Morgan fingerprint density at radius 1 is 1.37 bits per heavy atom. The van der Waals surface area contributed by atoms with E-state index in [2.05, 4.69) is 23.6 Å². The van der Waals surface area contributed by atoms with Gasteiger partial charge < -0.3 is 4.90 Å². The molecule has 1 aliphatic heterocycles. The summed E-state index contributed by atoms with van der Waals surface area (Å²) in [5, 5.41) is 0. The van der Waals surface area contributed by atoms with Gasteiger partial charge in [-0.25, -0.2) is 4.39 Å². The van der Waals surface area contributed by atoms with Crippen LogP contribution in [0.3, 0.4) is 0 Å². The Morgan fingerprint density at radius 2 is 2.11 bits per heavy atom. The van der Waals surface area contributed by atoms with Crippen molar-refractivity contribution in [2.75, 3.05) is 31.1 Å². The number of hydrogen-bond acceptors (Lipinski definition) is 2. The van der Waals surface area contributed by atoms with Crippen molar-refractivity contribution in [1.82, 2.24) is 4.90 Å². The number of benzene rings is 1. The topological polar surface area (TPSA) is 6.48 Å². The van der Waals surface area contributed by atoms with Gasteiger partial charge in [0.2, 0.25) is 0 Å². The summed E-state index contributed by atoms with van der Waals surface area (Å²) in [6.45, 7) is 8.26. The van der Waals surface area contributed by atoms with E-state index in [1.165, 1.54) is 6.07 Å². The molecule has 0 amide bonds. The van der Waals surface area contributed by atoms with E-state index in [9.17, 15) is 4.39 Å². The summed E-state index contributed by atoms with van der Waals surface area (Å²) in [5.74, 6) is 0.206. The molecule has 4 heteroatoms. The number of anilines is 1. The molecular formula is C15H22ClFN2. The number of likely N-dealkylation sites (N-methyl/N-ethyl adjacent to an activating group) is 1. The smallest absolute Gasteiger partial charge is 0.146 e. The molecule has 1 atom stereocenters. The van der Waals surface area contributed by atoms with Crippen LogP contribution in [0.5, 0.6) is 0 Å². The van der Waals surface area contributed by atoms with Gasteiger partial charge in [0, 0.05) is 25.0 Å². The molecule has 0 spiro atoms. The quantitative estimate of drug-likeness (QED) is 0.764. The van der Waals surface area contributed by atoms with Crippen LogP contribution < -0.4 is 4.90 Å². The Morgan fingerprint density at radius 3 is 2.74 bits per heavy atom. The number of nitrogens with zero attached hydrogens (tertiary/aromatic N) is 2. The summed E-state index contributed by atoms with van der Waals surface area (Å²) in [4.78, 5) is 4.59. The van der Waals surface area contributed by atoms with Gasteiger partial charge in [-0.05, 0) is 31.1 Å². The zero-order valence-corrected chi connectivity index (χ0v) is 12.5. The summed E-state index contributed by atoms with van der Waals surface area (Å²) >= 11 is 5.93. The van der Waals surface area contributed by atoms with Crippen molar-refractivity contribution in [1.29, 1.82) is 0 Å². The minimum Gasteiger partial charge on any atom is -0.367 e. The van der Waals surface area contributed by atoms with Crippen LogP contribution in [-0.2, 0) is 5.88 Å². The molecule has 0 aromatic heterocycles. The van der Waals surface area contributed by atoms with Crippen molar-refractivity contribution in [2.45, 2.75) is 32.2 Å². The maximum atomic E-state index is 14.1. The molecule has 1 unspecified atom stereocenters. The predicted octanol–water partition coefficient (Wildman–Crippen LogP) is 3.49. The molecule has 0 radical (unpaired) electrons. The monoisotopic (exact) mass is 284 g/mol.